The lowest BCUT2D eigenvalue weighted by Crippen LogP contribution is -2.16. The topological polar surface area (TPSA) is 63.2 Å². The van der Waals surface area contributed by atoms with Gasteiger partial charge in [0.15, 0.2) is 0 Å². The lowest BCUT2D eigenvalue weighted by molar-refractivity contribution is 0.102. The zero-order chi connectivity index (χ0) is 19.3. The zero-order valence-corrected chi connectivity index (χ0v) is 16.6. The first-order valence-electron chi connectivity index (χ1n) is 9.56. The fraction of sp³-hybridized carbons (Fsp3) is 0.273. The predicted molar refractivity (Wildman–Crippen MR) is 113 cm³/mol. The molecule has 0 saturated heterocycles. The Labute approximate surface area is 168 Å². The van der Waals surface area contributed by atoms with E-state index in [-0.39, 0.29) is 5.91 Å². The van der Waals surface area contributed by atoms with Crippen molar-refractivity contribution in [2.75, 3.05) is 17.2 Å². The van der Waals surface area contributed by atoms with Gasteiger partial charge in [-0.2, -0.15) is 0 Å². The van der Waals surface area contributed by atoms with E-state index in [0.29, 0.717) is 24.6 Å². The van der Waals surface area contributed by atoms with Gasteiger partial charge in [-0.25, -0.2) is 0 Å². The van der Waals surface area contributed by atoms with Crippen LogP contribution in [0.15, 0.2) is 48.8 Å². The molecule has 1 aromatic carbocycles. The monoisotopic (exact) mass is 393 g/mol. The van der Waals surface area contributed by atoms with E-state index in [4.69, 9.17) is 4.74 Å². The molecule has 3 aromatic rings. The molecule has 0 unspecified atom stereocenters. The highest BCUT2D eigenvalue weighted by molar-refractivity contribution is 7.16. The molecule has 0 spiro atoms. The molecule has 4 rings (SSSR count). The highest BCUT2D eigenvalue weighted by atomic mass is 32.1. The second kappa shape index (κ2) is 8.44. The molecule has 1 amide bonds. The summed E-state index contributed by atoms with van der Waals surface area (Å²) in [6.07, 6.45) is 6.68. The van der Waals surface area contributed by atoms with Gasteiger partial charge in [-0.1, -0.05) is 12.1 Å². The maximum absolute atomic E-state index is 13.2. The summed E-state index contributed by atoms with van der Waals surface area (Å²) in [7, 11) is 0. The second-order valence-electron chi connectivity index (χ2n) is 6.65. The van der Waals surface area contributed by atoms with E-state index in [2.05, 4.69) is 15.6 Å². The molecule has 144 valence electrons. The van der Waals surface area contributed by atoms with Crippen LogP contribution in [0.3, 0.4) is 0 Å². The van der Waals surface area contributed by atoms with Crippen molar-refractivity contribution in [3.63, 3.8) is 0 Å². The Morgan fingerprint density at radius 2 is 2.00 bits per heavy atom. The number of nitrogens with one attached hydrogen (secondary N) is 2. The van der Waals surface area contributed by atoms with Crippen LogP contribution in [-0.4, -0.2) is 17.5 Å². The number of hydrogen-bond acceptors (Lipinski definition) is 5. The van der Waals surface area contributed by atoms with Crippen molar-refractivity contribution in [2.45, 2.75) is 32.7 Å². The Kier molecular flexibility index (Phi) is 5.58. The lowest BCUT2D eigenvalue weighted by Gasteiger charge is -2.13. The van der Waals surface area contributed by atoms with Crippen molar-refractivity contribution in [3.8, 4) is 5.75 Å². The van der Waals surface area contributed by atoms with Crippen LogP contribution in [0, 0.1) is 0 Å². The molecule has 1 aliphatic rings. The van der Waals surface area contributed by atoms with Crippen LogP contribution in [0.2, 0.25) is 0 Å². The number of fused-ring (bicyclic) bond motifs is 1. The molecule has 0 saturated carbocycles. The summed E-state index contributed by atoms with van der Waals surface area (Å²) in [5.41, 5.74) is 3.80. The molecule has 2 aromatic heterocycles. The Morgan fingerprint density at radius 3 is 2.82 bits per heavy atom. The molecule has 2 N–H and O–H groups in total. The fourth-order valence-electron chi connectivity index (χ4n) is 3.49. The van der Waals surface area contributed by atoms with Crippen molar-refractivity contribution in [2.24, 2.45) is 0 Å². The standard InChI is InChI=1S/C22H23N3O2S/c1-2-27-18-8-4-3-7-17(18)25-21(26)20-16-6-5-9-19(16)28-22(20)24-14-15-10-12-23-13-11-15/h3-4,7-8,10-13,24H,2,5-6,9,14H2,1H3,(H,25,26). The Bertz CT molecular complexity index is 969. The predicted octanol–water partition coefficient (Wildman–Crippen LogP) is 4.89. The van der Waals surface area contributed by atoms with Crippen LogP contribution < -0.4 is 15.4 Å². The quantitative estimate of drug-likeness (QED) is 0.600. The molecule has 0 atom stereocenters. The number of ether oxygens (including phenoxy) is 1. The van der Waals surface area contributed by atoms with Gasteiger partial charge in [-0.05, 0) is 61.6 Å². The van der Waals surface area contributed by atoms with Gasteiger partial charge in [0, 0.05) is 23.8 Å². The van der Waals surface area contributed by atoms with E-state index in [0.717, 1.165) is 35.4 Å². The number of nitrogens with zero attached hydrogens (tertiary/aromatic N) is 1. The summed E-state index contributed by atoms with van der Waals surface area (Å²) < 4.78 is 5.65. The minimum Gasteiger partial charge on any atom is -0.492 e. The van der Waals surface area contributed by atoms with Gasteiger partial charge < -0.3 is 15.4 Å². The number of aromatic nitrogens is 1. The zero-order valence-electron chi connectivity index (χ0n) is 15.8. The molecule has 0 fully saturated rings. The summed E-state index contributed by atoms with van der Waals surface area (Å²) in [6.45, 7) is 3.16. The van der Waals surface area contributed by atoms with Crippen molar-refractivity contribution in [1.82, 2.24) is 4.98 Å². The lowest BCUT2D eigenvalue weighted by atomic mass is 10.1. The Morgan fingerprint density at radius 1 is 1.18 bits per heavy atom. The number of rotatable bonds is 7. The third-order valence-corrected chi connectivity index (χ3v) is 6.04. The van der Waals surface area contributed by atoms with Gasteiger partial charge in [0.2, 0.25) is 0 Å². The molecule has 0 bridgehead atoms. The Hall–Kier alpha value is -2.86. The molecular formula is C22H23N3O2S. The number of aryl methyl sites for hydroxylation is 1. The molecular weight excluding hydrogens is 370 g/mol. The SMILES string of the molecule is CCOc1ccccc1NC(=O)c1c(NCc2ccncc2)sc2c1CCC2. The van der Waals surface area contributed by atoms with Crippen LogP contribution in [0.4, 0.5) is 10.7 Å². The number of carbonyl (C=O) groups excluding carboxylic acids is 1. The van der Waals surface area contributed by atoms with Crippen molar-refractivity contribution in [1.29, 1.82) is 0 Å². The molecule has 0 radical (unpaired) electrons. The van der Waals surface area contributed by atoms with E-state index in [1.807, 2.05) is 43.3 Å². The van der Waals surface area contributed by atoms with Gasteiger partial charge in [-0.15, -0.1) is 11.3 Å². The van der Waals surface area contributed by atoms with Crippen LogP contribution in [-0.2, 0) is 19.4 Å². The fourth-order valence-corrected chi connectivity index (χ4v) is 4.77. The molecule has 1 aliphatic carbocycles. The van der Waals surface area contributed by atoms with Gasteiger partial charge in [-0.3, -0.25) is 9.78 Å². The molecule has 5 nitrogen and oxygen atoms in total. The number of para-hydroxylation sites is 2. The number of carbonyl (C=O) groups is 1. The first kappa shape index (κ1) is 18.5. The number of pyridine rings is 1. The van der Waals surface area contributed by atoms with Crippen molar-refractivity contribution < 1.29 is 9.53 Å². The van der Waals surface area contributed by atoms with Gasteiger partial charge in [0.05, 0.1) is 17.9 Å². The molecule has 6 heteroatoms. The van der Waals surface area contributed by atoms with Crippen molar-refractivity contribution >= 4 is 27.9 Å². The molecule has 0 aliphatic heterocycles. The Balaban J connectivity index is 1.59. The summed E-state index contributed by atoms with van der Waals surface area (Å²) in [5.74, 6) is 0.611. The third-order valence-electron chi connectivity index (χ3n) is 4.79. The molecule has 28 heavy (non-hydrogen) atoms. The maximum atomic E-state index is 13.2. The van der Waals surface area contributed by atoms with Crippen LogP contribution >= 0.6 is 11.3 Å². The van der Waals surface area contributed by atoms with Crippen LogP contribution in [0.25, 0.3) is 0 Å². The van der Waals surface area contributed by atoms with Gasteiger partial charge in [0.1, 0.15) is 10.8 Å². The minimum absolute atomic E-state index is 0.0798. The first-order chi connectivity index (χ1) is 13.8. The van der Waals surface area contributed by atoms with Gasteiger partial charge in [0.25, 0.3) is 5.91 Å². The van der Waals surface area contributed by atoms with Crippen molar-refractivity contribution in [3.05, 3.63) is 70.4 Å². The largest absolute Gasteiger partial charge is 0.492 e. The summed E-state index contributed by atoms with van der Waals surface area (Å²) in [4.78, 5) is 18.6. The average molecular weight is 394 g/mol. The summed E-state index contributed by atoms with van der Waals surface area (Å²) in [5, 5.41) is 7.46. The van der Waals surface area contributed by atoms with E-state index < -0.39 is 0 Å². The smallest absolute Gasteiger partial charge is 0.259 e. The number of thiophene rings is 1. The number of anilines is 2. The highest BCUT2D eigenvalue weighted by Gasteiger charge is 2.27. The normalized spacial score (nSPS) is 12.5. The van der Waals surface area contributed by atoms with E-state index in [9.17, 15) is 4.79 Å². The van der Waals surface area contributed by atoms with E-state index in [1.165, 1.54) is 10.4 Å². The summed E-state index contributed by atoms with van der Waals surface area (Å²) >= 11 is 1.70. The van der Waals surface area contributed by atoms with Crippen LogP contribution in [0.5, 0.6) is 5.75 Å². The average Bonchev–Trinajstić information content (AvgIpc) is 3.29. The first-order valence-corrected chi connectivity index (χ1v) is 10.4. The van der Waals surface area contributed by atoms with Crippen LogP contribution in [0.1, 0.15) is 39.7 Å². The van der Waals surface area contributed by atoms with Gasteiger partial charge >= 0.3 is 0 Å². The van der Waals surface area contributed by atoms with E-state index >= 15 is 0 Å². The maximum Gasteiger partial charge on any atom is 0.259 e. The number of hydrogen-bond donors (Lipinski definition) is 2. The molecule has 2 heterocycles. The second-order valence-corrected chi connectivity index (χ2v) is 7.76. The number of benzene rings is 1. The highest BCUT2D eigenvalue weighted by Crippen LogP contribution is 2.40. The number of amides is 1. The third kappa shape index (κ3) is 3.87. The minimum atomic E-state index is -0.0798. The summed E-state index contributed by atoms with van der Waals surface area (Å²) in [6, 6.07) is 11.5. The van der Waals surface area contributed by atoms with E-state index in [1.54, 1.807) is 23.7 Å².